The standard InChI is InChI=1S/C29H34N8O4/c1-16-3-2-4-23(32-16)34-29(41)26-18-5-7-20(13-18)37(26)24(38)15-36-22-8-6-19(14-21(22)25(35-36)27(30)39)33-28(40)17-9-11-31-12-10-17/h2-4,6,8,14,17-18,20,26,31H,5,7,9-13,15H2,1H3,(H2,30,39)(H,33,40)(H,32,34,41)/t18-,20+,26-/m0/s1. The number of nitrogens with two attached hydrogens (primary N) is 1. The summed E-state index contributed by atoms with van der Waals surface area (Å²) in [4.78, 5) is 58.2. The van der Waals surface area contributed by atoms with Gasteiger partial charge in [0.1, 0.15) is 18.4 Å². The third-order valence-electron chi connectivity index (χ3n) is 8.53. The van der Waals surface area contributed by atoms with Gasteiger partial charge in [0.15, 0.2) is 5.69 Å². The second-order valence-electron chi connectivity index (χ2n) is 11.2. The van der Waals surface area contributed by atoms with E-state index in [-0.39, 0.29) is 47.8 Å². The van der Waals surface area contributed by atoms with E-state index in [9.17, 15) is 19.2 Å². The van der Waals surface area contributed by atoms with Crippen molar-refractivity contribution in [2.24, 2.45) is 17.6 Å². The average Bonchev–Trinajstić information content (AvgIpc) is 3.67. The highest BCUT2D eigenvalue weighted by atomic mass is 16.2. The minimum atomic E-state index is -0.730. The zero-order valence-electron chi connectivity index (χ0n) is 22.9. The largest absolute Gasteiger partial charge is 0.364 e. The molecule has 2 aromatic heterocycles. The van der Waals surface area contributed by atoms with E-state index >= 15 is 0 Å². The minimum absolute atomic E-state index is 0.0218. The van der Waals surface area contributed by atoms with Crippen LogP contribution in [0.15, 0.2) is 36.4 Å². The number of hydrogen-bond acceptors (Lipinski definition) is 7. The lowest BCUT2D eigenvalue weighted by molar-refractivity contribution is -0.141. The monoisotopic (exact) mass is 558 g/mol. The number of likely N-dealkylation sites (tertiary alicyclic amines) is 1. The van der Waals surface area contributed by atoms with E-state index in [4.69, 9.17) is 5.73 Å². The predicted molar refractivity (Wildman–Crippen MR) is 152 cm³/mol. The van der Waals surface area contributed by atoms with Crippen LogP contribution < -0.4 is 21.7 Å². The molecule has 3 atom stereocenters. The van der Waals surface area contributed by atoms with Gasteiger partial charge in [-0.2, -0.15) is 5.10 Å². The van der Waals surface area contributed by atoms with E-state index in [0.29, 0.717) is 22.4 Å². The normalized spacial score (nSPS) is 22.2. The molecule has 4 heterocycles. The number of carbonyl (C=O) groups excluding carboxylic acids is 4. The number of primary amides is 1. The molecule has 0 spiro atoms. The van der Waals surface area contributed by atoms with Gasteiger partial charge in [-0.05, 0) is 88.4 Å². The molecule has 41 heavy (non-hydrogen) atoms. The Bertz CT molecular complexity index is 1530. The summed E-state index contributed by atoms with van der Waals surface area (Å²) in [6.07, 6.45) is 4.03. The quantitative estimate of drug-likeness (QED) is 0.343. The van der Waals surface area contributed by atoms with Crippen LogP contribution in [0.25, 0.3) is 10.9 Å². The number of carbonyl (C=O) groups is 4. The summed E-state index contributed by atoms with van der Waals surface area (Å²) < 4.78 is 1.46. The van der Waals surface area contributed by atoms with Crippen LogP contribution in [0.4, 0.5) is 11.5 Å². The maximum Gasteiger partial charge on any atom is 0.269 e. The molecule has 4 amide bonds. The molecular formula is C29H34N8O4. The number of nitrogens with one attached hydrogen (secondary N) is 3. The molecule has 1 aromatic carbocycles. The van der Waals surface area contributed by atoms with E-state index in [2.05, 4.69) is 26.0 Å². The van der Waals surface area contributed by atoms with Gasteiger partial charge in [0.05, 0.1) is 5.52 Å². The van der Waals surface area contributed by atoms with Crippen molar-refractivity contribution in [3.05, 3.63) is 47.8 Å². The van der Waals surface area contributed by atoms with Crippen molar-refractivity contribution in [3.63, 3.8) is 0 Å². The van der Waals surface area contributed by atoms with E-state index < -0.39 is 11.9 Å². The van der Waals surface area contributed by atoms with Crippen molar-refractivity contribution in [3.8, 4) is 0 Å². The second kappa shape index (κ2) is 10.9. The fourth-order valence-electron chi connectivity index (χ4n) is 6.60. The molecule has 12 nitrogen and oxygen atoms in total. The molecule has 3 fully saturated rings. The highest BCUT2D eigenvalue weighted by Crippen LogP contribution is 2.43. The van der Waals surface area contributed by atoms with Crippen LogP contribution in [0.1, 0.15) is 48.3 Å². The smallest absolute Gasteiger partial charge is 0.269 e. The molecule has 3 aliphatic rings. The molecule has 5 N–H and O–H groups in total. The third-order valence-corrected chi connectivity index (χ3v) is 8.53. The number of benzene rings is 1. The fourth-order valence-corrected chi connectivity index (χ4v) is 6.60. The maximum absolute atomic E-state index is 13.7. The molecule has 214 valence electrons. The van der Waals surface area contributed by atoms with Gasteiger partial charge in [-0.15, -0.1) is 0 Å². The molecule has 6 rings (SSSR count). The molecule has 12 heteroatoms. The fraction of sp³-hybridized carbons (Fsp3) is 0.448. The first kappa shape index (κ1) is 26.9. The lowest BCUT2D eigenvalue weighted by atomic mass is 9.97. The zero-order chi connectivity index (χ0) is 28.7. The number of hydrogen-bond donors (Lipinski definition) is 4. The van der Waals surface area contributed by atoms with Crippen LogP contribution in [-0.4, -0.2) is 68.5 Å². The van der Waals surface area contributed by atoms with Crippen molar-refractivity contribution in [1.82, 2.24) is 25.0 Å². The Kier molecular flexibility index (Phi) is 7.16. The number of nitrogens with zero attached hydrogens (tertiary/aromatic N) is 4. The van der Waals surface area contributed by atoms with Crippen LogP contribution >= 0.6 is 0 Å². The lowest BCUT2D eigenvalue weighted by Crippen LogP contribution is -2.52. The predicted octanol–water partition coefficient (Wildman–Crippen LogP) is 1.79. The van der Waals surface area contributed by atoms with Gasteiger partial charge in [-0.1, -0.05) is 6.07 Å². The second-order valence-corrected chi connectivity index (χ2v) is 11.2. The summed E-state index contributed by atoms with van der Waals surface area (Å²) >= 11 is 0. The topological polar surface area (TPSA) is 164 Å². The summed E-state index contributed by atoms with van der Waals surface area (Å²) in [5, 5.41) is 13.9. The number of aryl methyl sites for hydroxylation is 1. The number of fused-ring (bicyclic) bond motifs is 3. The van der Waals surface area contributed by atoms with Crippen LogP contribution in [0.3, 0.4) is 0 Å². The Hall–Kier alpha value is -4.32. The number of amides is 4. The summed E-state index contributed by atoms with van der Waals surface area (Å²) in [6.45, 7) is 3.30. The number of aromatic nitrogens is 3. The van der Waals surface area contributed by atoms with Gasteiger partial charge in [-0.25, -0.2) is 4.98 Å². The summed E-state index contributed by atoms with van der Waals surface area (Å²) in [6, 6.07) is 9.91. The number of pyridine rings is 1. The van der Waals surface area contributed by atoms with Crippen molar-refractivity contribution >= 4 is 46.0 Å². The van der Waals surface area contributed by atoms with Gasteiger partial charge in [0, 0.05) is 28.7 Å². The Labute approximate surface area is 237 Å². The number of rotatable bonds is 7. The highest BCUT2D eigenvalue weighted by molar-refractivity contribution is 6.06. The highest BCUT2D eigenvalue weighted by Gasteiger charge is 2.51. The van der Waals surface area contributed by atoms with Crippen molar-refractivity contribution in [1.29, 1.82) is 0 Å². The first-order valence-corrected chi connectivity index (χ1v) is 14.2. The first-order valence-electron chi connectivity index (χ1n) is 14.2. The van der Waals surface area contributed by atoms with E-state index in [1.54, 1.807) is 29.2 Å². The van der Waals surface area contributed by atoms with Crippen LogP contribution in [0.2, 0.25) is 0 Å². The summed E-state index contributed by atoms with van der Waals surface area (Å²) in [5.74, 6) is -0.841. The van der Waals surface area contributed by atoms with Crippen LogP contribution in [-0.2, 0) is 20.9 Å². The van der Waals surface area contributed by atoms with Crippen LogP contribution in [0, 0.1) is 18.8 Å². The Morgan fingerprint density at radius 2 is 1.83 bits per heavy atom. The molecule has 3 aromatic rings. The van der Waals surface area contributed by atoms with Gasteiger partial charge in [-0.3, -0.25) is 23.9 Å². The van der Waals surface area contributed by atoms with Crippen molar-refractivity contribution < 1.29 is 19.2 Å². The van der Waals surface area contributed by atoms with Gasteiger partial charge < -0.3 is 26.6 Å². The molecule has 1 aliphatic carbocycles. The van der Waals surface area contributed by atoms with Crippen LogP contribution in [0.5, 0.6) is 0 Å². The third kappa shape index (κ3) is 5.26. The number of anilines is 2. The van der Waals surface area contributed by atoms with Gasteiger partial charge >= 0.3 is 0 Å². The Morgan fingerprint density at radius 3 is 2.59 bits per heavy atom. The SMILES string of the molecule is Cc1cccc(NC(=O)[C@@H]2[C@H]3CC[C@H](C3)N2C(=O)Cn2nc(C(N)=O)c3cc(NC(=O)C4CCNCC4)ccc32)n1. The average molecular weight is 559 g/mol. The molecule has 0 unspecified atom stereocenters. The Balaban J connectivity index is 1.22. The maximum atomic E-state index is 13.7. The molecule has 1 saturated carbocycles. The first-order chi connectivity index (χ1) is 19.8. The van der Waals surface area contributed by atoms with E-state index in [1.807, 2.05) is 19.1 Å². The lowest BCUT2D eigenvalue weighted by Gasteiger charge is -2.34. The molecule has 2 saturated heterocycles. The van der Waals surface area contributed by atoms with E-state index in [1.165, 1.54) is 4.68 Å². The zero-order valence-corrected chi connectivity index (χ0v) is 22.9. The summed E-state index contributed by atoms with van der Waals surface area (Å²) in [7, 11) is 0. The minimum Gasteiger partial charge on any atom is -0.364 e. The van der Waals surface area contributed by atoms with Gasteiger partial charge in [0.25, 0.3) is 5.91 Å². The molecule has 0 radical (unpaired) electrons. The van der Waals surface area contributed by atoms with Gasteiger partial charge in [0.2, 0.25) is 17.7 Å². The van der Waals surface area contributed by atoms with Crippen molar-refractivity contribution in [2.75, 3.05) is 23.7 Å². The Morgan fingerprint density at radius 1 is 1.02 bits per heavy atom. The molecular weight excluding hydrogens is 524 g/mol. The summed E-state index contributed by atoms with van der Waals surface area (Å²) in [5.41, 5.74) is 7.53. The van der Waals surface area contributed by atoms with E-state index in [0.717, 1.165) is 50.9 Å². The number of piperidine rings is 2. The van der Waals surface area contributed by atoms with Crippen molar-refractivity contribution in [2.45, 2.75) is 57.7 Å². The molecule has 2 bridgehead atoms. The molecule has 2 aliphatic heterocycles.